The highest BCUT2D eigenvalue weighted by molar-refractivity contribution is 7.92. The molecule has 0 bridgehead atoms. The molecule has 0 saturated heterocycles. The fourth-order valence-electron chi connectivity index (χ4n) is 2.65. The van der Waals surface area contributed by atoms with Crippen LogP contribution in [0, 0.1) is 0 Å². The van der Waals surface area contributed by atoms with Crippen LogP contribution in [-0.4, -0.2) is 39.2 Å². The third kappa shape index (κ3) is 5.48. The van der Waals surface area contributed by atoms with Crippen molar-refractivity contribution in [1.29, 1.82) is 0 Å². The minimum Gasteiger partial charge on any atom is -0.462 e. The number of sulfonamides is 1. The average Bonchev–Trinajstić information content (AvgIpc) is 2.70. The molecule has 0 heterocycles. The number of hydrogen-bond acceptors (Lipinski definition) is 5. The maximum atomic E-state index is 12.5. The molecular formula is C20H23ClN2O5S. The Morgan fingerprint density at radius 1 is 1.07 bits per heavy atom. The average molecular weight is 439 g/mol. The lowest BCUT2D eigenvalue weighted by atomic mass is 10.1. The van der Waals surface area contributed by atoms with Gasteiger partial charge in [-0.15, -0.1) is 0 Å². The van der Waals surface area contributed by atoms with Crippen LogP contribution in [0.3, 0.4) is 0 Å². The molecular weight excluding hydrogens is 416 g/mol. The van der Waals surface area contributed by atoms with Crippen LogP contribution in [-0.2, 0) is 14.8 Å². The largest absolute Gasteiger partial charge is 0.462 e. The lowest BCUT2D eigenvalue weighted by molar-refractivity contribution is 0.0526. The SMILES string of the molecule is CCOC(=O)c1cc(NC(=O)c2ccc(N(CC)S(=O)(=O)CC)cc2)ccc1Cl. The van der Waals surface area contributed by atoms with Gasteiger partial charge >= 0.3 is 5.97 Å². The second kappa shape index (κ2) is 9.76. The van der Waals surface area contributed by atoms with Crippen molar-refractivity contribution in [2.75, 3.05) is 28.5 Å². The number of carbonyl (C=O) groups excluding carboxylic acids is 2. The molecule has 2 aromatic carbocycles. The van der Waals surface area contributed by atoms with E-state index in [9.17, 15) is 18.0 Å². The molecule has 0 radical (unpaired) electrons. The summed E-state index contributed by atoms with van der Waals surface area (Å²) in [6.45, 7) is 5.52. The van der Waals surface area contributed by atoms with Crippen LogP contribution in [0.2, 0.25) is 5.02 Å². The zero-order valence-electron chi connectivity index (χ0n) is 16.4. The summed E-state index contributed by atoms with van der Waals surface area (Å²) in [6.07, 6.45) is 0. The Kier molecular flexibility index (Phi) is 7.64. The van der Waals surface area contributed by atoms with Crippen LogP contribution in [0.25, 0.3) is 0 Å². The maximum absolute atomic E-state index is 12.5. The molecule has 0 fully saturated rings. The zero-order chi connectivity index (χ0) is 21.6. The smallest absolute Gasteiger partial charge is 0.339 e. The molecule has 0 aliphatic carbocycles. The second-order valence-electron chi connectivity index (χ2n) is 5.98. The van der Waals surface area contributed by atoms with E-state index in [0.717, 1.165) is 0 Å². The van der Waals surface area contributed by atoms with Gasteiger partial charge in [0.2, 0.25) is 10.0 Å². The van der Waals surface area contributed by atoms with Gasteiger partial charge in [-0.3, -0.25) is 9.10 Å². The third-order valence-electron chi connectivity index (χ3n) is 4.12. The maximum Gasteiger partial charge on any atom is 0.339 e. The van der Waals surface area contributed by atoms with Gasteiger partial charge in [0.1, 0.15) is 0 Å². The fraction of sp³-hybridized carbons (Fsp3) is 0.300. The van der Waals surface area contributed by atoms with Gasteiger partial charge in [0.15, 0.2) is 0 Å². The van der Waals surface area contributed by atoms with E-state index in [1.165, 1.54) is 16.4 Å². The molecule has 0 aliphatic rings. The molecule has 29 heavy (non-hydrogen) atoms. The number of amides is 1. The standard InChI is InChI=1S/C20H23ClN2O5S/c1-4-23(29(26,27)6-3)16-10-7-14(8-11-16)19(24)22-15-9-12-18(21)17(13-15)20(25)28-5-2/h7-13H,4-6H2,1-3H3,(H,22,24). The predicted molar refractivity (Wildman–Crippen MR) is 114 cm³/mol. The minimum atomic E-state index is -3.39. The van der Waals surface area contributed by atoms with Crippen molar-refractivity contribution in [1.82, 2.24) is 0 Å². The summed E-state index contributed by atoms with van der Waals surface area (Å²) in [5.74, 6) is -0.993. The molecule has 0 spiro atoms. The number of nitrogens with zero attached hydrogens (tertiary/aromatic N) is 1. The van der Waals surface area contributed by atoms with Crippen LogP contribution in [0.5, 0.6) is 0 Å². The van der Waals surface area contributed by atoms with Gasteiger partial charge < -0.3 is 10.1 Å². The highest BCUT2D eigenvalue weighted by Crippen LogP contribution is 2.23. The second-order valence-corrected chi connectivity index (χ2v) is 8.57. The molecule has 0 aromatic heterocycles. The Labute approximate surface area is 175 Å². The number of carbonyl (C=O) groups is 2. The van der Waals surface area contributed by atoms with E-state index in [1.54, 1.807) is 51.1 Å². The van der Waals surface area contributed by atoms with Crippen molar-refractivity contribution in [2.24, 2.45) is 0 Å². The first-order valence-corrected chi connectivity index (χ1v) is 11.1. The van der Waals surface area contributed by atoms with Gasteiger partial charge in [-0.2, -0.15) is 0 Å². The van der Waals surface area contributed by atoms with E-state index < -0.39 is 21.9 Å². The molecule has 2 rings (SSSR count). The summed E-state index contributed by atoms with van der Waals surface area (Å²) in [7, 11) is -3.39. The molecule has 156 valence electrons. The Hall–Kier alpha value is -2.58. The molecule has 0 aliphatic heterocycles. The van der Waals surface area contributed by atoms with Gasteiger partial charge in [-0.25, -0.2) is 13.2 Å². The van der Waals surface area contributed by atoms with Crippen molar-refractivity contribution < 1.29 is 22.7 Å². The van der Waals surface area contributed by atoms with Crippen LogP contribution in [0.4, 0.5) is 11.4 Å². The molecule has 9 heteroatoms. The van der Waals surface area contributed by atoms with Crippen molar-refractivity contribution in [3.8, 4) is 0 Å². The van der Waals surface area contributed by atoms with Crippen molar-refractivity contribution in [2.45, 2.75) is 20.8 Å². The van der Waals surface area contributed by atoms with Crippen LogP contribution in [0.1, 0.15) is 41.5 Å². The molecule has 2 aromatic rings. The summed E-state index contributed by atoms with van der Waals surface area (Å²) in [5.41, 5.74) is 1.37. The third-order valence-corrected chi connectivity index (χ3v) is 6.32. The van der Waals surface area contributed by atoms with E-state index >= 15 is 0 Å². The quantitative estimate of drug-likeness (QED) is 0.630. The number of anilines is 2. The molecule has 1 amide bonds. The monoisotopic (exact) mass is 438 g/mol. The molecule has 7 nitrogen and oxygen atoms in total. The van der Waals surface area contributed by atoms with Gasteiger partial charge in [0.05, 0.1) is 28.6 Å². The number of nitrogens with one attached hydrogen (secondary N) is 1. The van der Waals surface area contributed by atoms with Gasteiger partial charge in [0.25, 0.3) is 5.91 Å². The highest BCUT2D eigenvalue weighted by Gasteiger charge is 2.19. The van der Waals surface area contributed by atoms with Crippen molar-refractivity contribution in [3.05, 3.63) is 58.6 Å². The highest BCUT2D eigenvalue weighted by atomic mass is 35.5. The van der Waals surface area contributed by atoms with Crippen LogP contribution in [0.15, 0.2) is 42.5 Å². The Morgan fingerprint density at radius 2 is 1.72 bits per heavy atom. The minimum absolute atomic E-state index is 0.0115. The number of rotatable bonds is 8. The van der Waals surface area contributed by atoms with Gasteiger partial charge in [0, 0.05) is 17.8 Å². The van der Waals surface area contributed by atoms with Crippen molar-refractivity contribution >= 4 is 44.9 Å². The number of hydrogen-bond donors (Lipinski definition) is 1. The summed E-state index contributed by atoms with van der Waals surface area (Å²) >= 11 is 6.02. The Bertz CT molecular complexity index is 990. The van der Waals surface area contributed by atoms with Crippen molar-refractivity contribution in [3.63, 3.8) is 0 Å². The first kappa shape index (κ1) is 22.7. The summed E-state index contributed by atoms with van der Waals surface area (Å²) in [6, 6.07) is 10.8. The number of benzene rings is 2. The van der Waals surface area contributed by atoms with Gasteiger partial charge in [-0.05, 0) is 63.2 Å². The lowest BCUT2D eigenvalue weighted by Gasteiger charge is -2.22. The summed E-state index contributed by atoms with van der Waals surface area (Å²) < 4.78 is 30.5. The number of esters is 1. The fourth-order valence-corrected chi connectivity index (χ4v) is 3.99. The first-order valence-electron chi connectivity index (χ1n) is 9.12. The number of ether oxygens (including phenoxy) is 1. The zero-order valence-corrected chi connectivity index (χ0v) is 18.0. The summed E-state index contributed by atoms with van der Waals surface area (Å²) in [5, 5.41) is 2.91. The van der Waals surface area contributed by atoms with E-state index in [-0.39, 0.29) is 22.9 Å². The predicted octanol–water partition coefficient (Wildman–Crippen LogP) is 3.95. The molecule has 0 unspecified atom stereocenters. The van der Waals surface area contributed by atoms with Crippen LogP contribution < -0.4 is 9.62 Å². The molecule has 0 atom stereocenters. The van der Waals surface area contributed by atoms with E-state index in [2.05, 4.69) is 5.32 Å². The van der Waals surface area contributed by atoms with E-state index in [1.807, 2.05) is 0 Å². The normalized spacial score (nSPS) is 11.0. The van der Waals surface area contributed by atoms with E-state index in [0.29, 0.717) is 23.5 Å². The Balaban J connectivity index is 2.20. The Morgan fingerprint density at radius 3 is 2.28 bits per heavy atom. The first-order chi connectivity index (χ1) is 13.7. The summed E-state index contributed by atoms with van der Waals surface area (Å²) in [4.78, 5) is 24.5. The topological polar surface area (TPSA) is 92.8 Å². The molecule has 0 saturated carbocycles. The van der Waals surface area contributed by atoms with Crippen LogP contribution >= 0.6 is 11.6 Å². The molecule has 1 N–H and O–H groups in total. The van der Waals surface area contributed by atoms with Gasteiger partial charge in [-0.1, -0.05) is 11.6 Å². The van der Waals surface area contributed by atoms with E-state index in [4.69, 9.17) is 16.3 Å². The lowest BCUT2D eigenvalue weighted by Crippen LogP contribution is -2.32. The number of halogens is 1.